The van der Waals surface area contributed by atoms with Gasteiger partial charge in [0, 0.05) is 10.9 Å². The Balaban J connectivity index is 1.72. The van der Waals surface area contributed by atoms with Crippen molar-refractivity contribution in [3.05, 3.63) is 40.2 Å². The quantitative estimate of drug-likeness (QED) is 0.801. The number of halogens is 1. The molecule has 0 bridgehead atoms. The Bertz CT molecular complexity index is 606. The van der Waals surface area contributed by atoms with Crippen LogP contribution in [-0.4, -0.2) is 17.7 Å². The molecular weight excluding hydrogens is 336 g/mol. The van der Waals surface area contributed by atoms with E-state index in [2.05, 4.69) is 26.4 Å². The van der Waals surface area contributed by atoms with Gasteiger partial charge in [-0.25, -0.2) is 0 Å². The molecular formula is C15H17BrN2O3. The molecule has 0 radical (unpaired) electrons. The van der Waals surface area contributed by atoms with E-state index in [0.29, 0.717) is 36.6 Å². The van der Waals surface area contributed by atoms with Crippen molar-refractivity contribution < 1.29 is 14.1 Å². The largest absolute Gasteiger partial charge is 0.494 e. The summed E-state index contributed by atoms with van der Waals surface area (Å²) < 4.78 is 11.5. The van der Waals surface area contributed by atoms with E-state index in [-0.39, 0.29) is 5.91 Å². The lowest BCUT2D eigenvalue weighted by atomic mass is 10.2. The van der Waals surface area contributed by atoms with Gasteiger partial charge in [-0.3, -0.25) is 4.79 Å². The maximum absolute atomic E-state index is 11.8. The van der Waals surface area contributed by atoms with Gasteiger partial charge in [-0.15, -0.1) is 0 Å². The van der Waals surface area contributed by atoms with Crippen LogP contribution in [0.5, 0.6) is 5.75 Å². The average Bonchev–Trinajstić information content (AvgIpc) is 2.76. The maximum atomic E-state index is 11.8. The first-order valence-corrected chi connectivity index (χ1v) is 7.46. The molecule has 0 aliphatic rings. The summed E-state index contributed by atoms with van der Waals surface area (Å²) in [5.74, 6) is 1.34. The molecule has 2 aromatic rings. The van der Waals surface area contributed by atoms with Crippen LogP contribution in [0.15, 0.2) is 33.3 Å². The minimum Gasteiger partial charge on any atom is -0.494 e. The minimum absolute atomic E-state index is 0.0674. The summed E-state index contributed by atoms with van der Waals surface area (Å²) in [5.41, 5.74) is 1.35. The van der Waals surface area contributed by atoms with Crippen molar-refractivity contribution in [3.8, 4) is 5.75 Å². The maximum Gasteiger partial charge on any atom is 0.224 e. The predicted octanol–water partition coefficient (Wildman–Crippen LogP) is 3.85. The molecule has 0 saturated carbocycles. The molecule has 0 aliphatic carbocycles. The molecule has 0 atom stereocenters. The summed E-state index contributed by atoms with van der Waals surface area (Å²) in [4.78, 5) is 11.8. The topological polar surface area (TPSA) is 64.4 Å². The van der Waals surface area contributed by atoms with Gasteiger partial charge in [-0.1, -0.05) is 27.2 Å². The number of anilines is 1. The van der Waals surface area contributed by atoms with E-state index in [1.54, 1.807) is 13.8 Å². The number of benzene rings is 1. The first-order chi connectivity index (χ1) is 10.1. The van der Waals surface area contributed by atoms with Gasteiger partial charge in [0.15, 0.2) is 5.76 Å². The molecule has 0 fully saturated rings. The highest BCUT2D eigenvalue weighted by atomic mass is 79.9. The van der Waals surface area contributed by atoms with E-state index >= 15 is 0 Å². The van der Waals surface area contributed by atoms with E-state index in [0.717, 1.165) is 10.2 Å². The SMILES string of the molecule is Cc1noc(C)c1NC(=O)CCCOc1cccc(Br)c1. The van der Waals surface area contributed by atoms with Crippen LogP contribution >= 0.6 is 15.9 Å². The lowest BCUT2D eigenvalue weighted by Gasteiger charge is -2.07. The number of carbonyl (C=O) groups is 1. The molecule has 1 N–H and O–H groups in total. The lowest BCUT2D eigenvalue weighted by molar-refractivity contribution is -0.116. The Morgan fingerprint density at radius 1 is 1.43 bits per heavy atom. The Morgan fingerprint density at radius 3 is 2.90 bits per heavy atom. The van der Waals surface area contributed by atoms with Gasteiger partial charge < -0.3 is 14.6 Å². The second kappa shape index (κ2) is 7.26. The van der Waals surface area contributed by atoms with Gasteiger partial charge in [0.2, 0.25) is 5.91 Å². The van der Waals surface area contributed by atoms with Crippen LogP contribution in [0.3, 0.4) is 0 Å². The number of carbonyl (C=O) groups excluding carboxylic acids is 1. The first-order valence-electron chi connectivity index (χ1n) is 6.67. The molecule has 1 heterocycles. The zero-order chi connectivity index (χ0) is 15.2. The molecule has 0 aliphatic heterocycles. The van der Waals surface area contributed by atoms with Crippen molar-refractivity contribution in [2.75, 3.05) is 11.9 Å². The minimum atomic E-state index is -0.0674. The third-order valence-electron chi connectivity index (χ3n) is 2.91. The second-order valence-electron chi connectivity index (χ2n) is 4.66. The highest BCUT2D eigenvalue weighted by Crippen LogP contribution is 2.19. The van der Waals surface area contributed by atoms with Crippen LogP contribution in [0.4, 0.5) is 5.69 Å². The van der Waals surface area contributed by atoms with Gasteiger partial charge in [-0.05, 0) is 38.5 Å². The van der Waals surface area contributed by atoms with Crippen molar-refractivity contribution in [1.82, 2.24) is 5.16 Å². The van der Waals surface area contributed by atoms with Crippen molar-refractivity contribution in [2.24, 2.45) is 0 Å². The predicted molar refractivity (Wildman–Crippen MR) is 83.5 cm³/mol. The number of nitrogens with zero attached hydrogens (tertiary/aromatic N) is 1. The van der Waals surface area contributed by atoms with Crippen LogP contribution in [0.25, 0.3) is 0 Å². The molecule has 6 heteroatoms. The molecule has 2 rings (SSSR count). The van der Waals surface area contributed by atoms with Crippen LogP contribution < -0.4 is 10.1 Å². The molecule has 5 nitrogen and oxygen atoms in total. The van der Waals surface area contributed by atoms with Gasteiger partial charge in [0.1, 0.15) is 17.1 Å². The van der Waals surface area contributed by atoms with Crippen LogP contribution in [0.1, 0.15) is 24.3 Å². The standard InChI is InChI=1S/C15H17BrN2O3/c1-10-15(11(2)21-18-10)17-14(19)7-4-8-20-13-6-3-5-12(16)9-13/h3,5-6,9H,4,7-8H2,1-2H3,(H,17,19). The number of nitrogens with one attached hydrogen (secondary N) is 1. The van der Waals surface area contributed by atoms with E-state index in [1.807, 2.05) is 24.3 Å². The Morgan fingerprint density at radius 2 is 2.24 bits per heavy atom. The van der Waals surface area contributed by atoms with Gasteiger partial charge in [0.05, 0.1) is 6.61 Å². The van der Waals surface area contributed by atoms with Crippen molar-refractivity contribution in [2.45, 2.75) is 26.7 Å². The molecule has 0 unspecified atom stereocenters. The number of ether oxygens (including phenoxy) is 1. The fourth-order valence-corrected chi connectivity index (χ4v) is 2.22. The van der Waals surface area contributed by atoms with Crippen molar-refractivity contribution in [1.29, 1.82) is 0 Å². The third kappa shape index (κ3) is 4.60. The normalized spacial score (nSPS) is 10.4. The van der Waals surface area contributed by atoms with Crippen molar-refractivity contribution in [3.63, 3.8) is 0 Å². The fourth-order valence-electron chi connectivity index (χ4n) is 1.84. The number of aryl methyl sites for hydroxylation is 2. The zero-order valence-corrected chi connectivity index (χ0v) is 13.6. The van der Waals surface area contributed by atoms with E-state index in [1.165, 1.54) is 0 Å². The van der Waals surface area contributed by atoms with Crippen LogP contribution in [0.2, 0.25) is 0 Å². The zero-order valence-electron chi connectivity index (χ0n) is 12.0. The summed E-state index contributed by atoms with van der Waals surface area (Å²) in [6, 6.07) is 7.62. The molecule has 1 aromatic heterocycles. The summed E-state index contributed by atoms with van der Waals surface area (Å²) >= 11 is 3.38. The number of amides is 1. The highest BCUT2D eigenvalue weighted by molar-refractivity contribution is 9.10. The average molecular weight is 353 g/mol. The molecule has 0 saturated heterocycles. The monoisotopic (exact) mass is 352 g/mol. The Hall–Kier alpha value is -1.82. The van der Waals surface area contributed by atoms with Crippen LogP contribution in [0, 0.1) is 13.8 Å². The highest BCUT2D eigenvalue weighted by Gasteiger charge is 2.11. The van der Waals surface area contributed by atoms with Crippen LogP contribution in [-0.2, 0) is 4.79 Å². The molecule has 21 heavy (non-hydrogen) atoms. The summed E-state index contributed by atoms with van der Waals surface area (Å²) in [6.07, 6.45) is 1.03. The lowest BCUT2D eigenvalue weighted by Crippen LogP contribution is -2.13. The summed E-state index contributed by atoms with van der Waals surface area (Å²) in [6.45, 7) is 4.06. The molecule has 1 amide bonds. The third-order valence-corrected chi connectivity index (χ3v) is 3.40. The van der Waals surface area contributed by atoms with E-state index < -0.39 is 0 Å². The van der Waals surface area contributed by atoms with Crippen molar-refractivity contribution >= 4 is 27.5 Å². The smallest absolute Gasteiger partial charge is 0.224 e. The van der Waals surface area contributed by atoms with Gasteiger partial charge in [0.25, 0.3) is 0 Å². The van der Waals surface area contributed by atoms with E-state index in [4.69, 9.17) is 9.26 Å². The number of hydrogen-bond donors (Lipinski definition) is 1. The summed E-state index contributed by atoms with van der Waals surface area (Å²) in [5, 5.41) is 6.60. The number of hydrogen-bond acceptors (Lipinski definition) is 4. The van der Waals surface area contributed by atoms with E-state index in [9.17, 15) is 4.79 Å². The molecule has 0 spiro atoms. The first kappa shape index (κ1) is 15.6. The van der Waals surface area contributed by atoms with Gasteiger partial charge in [-0.2, -0.15) is 0 Å². The number of aromatic nitrogens is 1. The molecule has 112 valence electrons. The molecule has 1 aromatic carbocycles. The van der Waals surface area contributed by atoms with Gasteiger partial charge >= 0.3 is 0 Å². The summed E-state index contributed by atoms with van der Waals surface area (Å²) in [7, 11) is 0. The fraction of sp³-hybridized carbons (Fsp3) is 0.333. The number of rotatable bonds is 6. The Kier molecular flexibility index (Phi) is 5.38. The second-order valence-corrected chi connectivity index (χ2v) is 5.57. The Labute approximate surface area is 131 Å².